The molecular weight excluding hydrogens is 406 g/mol. The summed E-state index contributed by atoms with van der Waals surface area (Å²) in [5.41, 5.74) is 4.92. The summed E-state index contributed by atoms with van der Waals surface area (Å²) in [5, 5.41) is 12.0. The number of rotatable bonds is 6. The molecule has 7 heteroatoms. The number of non-ortho nitro benzene ring substituents is 1. The van der Waals surface area contributed by atoms with Crippen LogP contribution in [0.4, 0.5) is 11.4 Å². The first kappa shape index (κ1) is 21.0. The van der Waals surface area contributed by atoms with Gasteiger partial charge in [-0.2, -0.15) is 0 Å². The summed E-state index contributed by atoms with van der Waals surface area (Å²) >= 11 is 0. The molecule has 0 saturated carbocycles. The first-order valence-electron chi connectivity index (χ1n) is 10.0. The van der Waals surface area contributed by atoms with Crippen LogP contribution in [0, 0.1) is 17.0 Å². The zero-order valence-corrected chi connectivity index (χ0v) is 17.7. The van der Waals surface area contributed by atoms with Crippen LogP contribution in [0.3, 0.4) is 0 Å². The standard InChI is InChI=1S/C25H21N3O4/c1-17-12-21(28(30)31)10-11-23(17)26-14-20-16-27(24-9-4-3-8-22(20)24)15-18-6-5-7-19(13-18)25(29)32-2/h3-14,16H,15H2,1-2H3. The summed E-state index contributed by atoms with van der Waals surface area (Å²) in [6.07, 6.45) is 3.79. The number of nitro groups is 1. The van der Waals surface area contributed by atoms with Crippen molar-refractivity contribution < 1.29 is 14.5 Å². The molecule has 0 saturated heterocycles. The quantitative estimate of drug-likeness (QED) is 0.177. The molecule has 3 aromatic carbocycles. The Balaban J connectivity index is 1.67. The number of aliphatic imine (C=N–C) groups is 1. The van der Waals surface area contributed by atoms with Gasteiger partial charge in [0.25, 0.3) is 5.69 Å². The fourth-order valence-corrected chi connectivity index (χ4v) is 3.66. The molecule has 0 radical (unpaired) electrons. The number of methoxy groups -OCH3 is 1. The Morgan fingerprint density at radius 3 is 2.69 bits per heavy atom. The highest BCUT2D eigenvalue weighted by Gasteiger charge is 2.11. The number of carbonyl (C=O) groups is 1. The SMILES string of the molecule is COC(=O)c1cccc(Cn2cc(C=Nc3ccc([N+](=O)[O-])cc3C)c3ccccc32)c1. The molecule has 0 aliphatic heterocycles. The zero-order chi connectivity index (χ0) is 22.7. The minimum absolute atomic E-state index is 0.0484. The van der Waals surface area contributed by atoms with Gasteiger partial charge in [0.2, 0.25) is 0 Å². The lowest BCUT2D eigenvalue weighted by molar-refractivity contribution is -0.384. The number of hydrogen-bond donors (Lipinski definition) is 0. The van der Waals surface area contributed by atoms with E-state index in [0.29, 0.717) is 17.8 Å². The van der Waals surface area contributed by atoms with Gasteiger partial charge in [-0.05, 0) is 42.3 Å². The predicted octanol–water partition coefficient (Wildman–Crippen LogP) is 5.44. The Morgan fingerprint density at radius 1 is 1.12 bits per heavy atom. The van der Waals surface area contributed by atoms with Crippen molar-refractivity contribution in [1.29, 1.82) is 0 Å². The van der Waals surface area contributed by atoms with Gasteiger partial charge < -0.3 is 9.30 Å². The Morgan fingerprint density at radius 2 is 1.94 bits per heavy atom. The summed E-state index contributed by atoms with van der Waals surface area (Å²) < 4.78 is 6.93. The number of para-hydroxylation sites is 1. The number of aryl methyl sites for hydroxylation is 1. The normalized spacial score (nSPS) is 11.2. The molecule has 0 atom stereocenters. The highest BCUT2D eigenvalue weighted by Crippen LogP contribution is 2.26. The van der Waals surface area contributed by atoms with Crippen molar-refractivity contribution in [3.8, 4) is 0 Å². The smallest absolute Gasteiger partial charge is 0.337 e. The van der Waals surface area contributed by atoms with Crippen molar-refractivity contribution in [2.45, 2.75) is 13.5 Å². The maximum absolute atomic E-state index is 11.9. The van der Waals surface area contributed by atoms with Crippen molar-refractivity contribution >= 4 is 34.5 Å². The molecule has 160 valence electrons. The third-order valence-corrected chi connectivity index (χ3v) is 5.25. The van der Waals surface area contributed by atoms with Crippen LogP contribution >= 0.6 is 0 Å². The number of nitrogens with zero attached hydrogens (tertiary/aromatic N) is 3. The minimum Gasteiger partial charge on any atom is -0.465 e. The highest BCUT2D eigenvalue weighted by atomic mass is 16.6. The number of aromatic nitrogens is 1. The van der Waals surface area contributed by atoms with Gasteiger partial charge in [0.05, 0.1) is 23.3 Å². The van der Waals surface area contributed by atoms with E-state index in [9.17, 15) is 14.9 Å². The summed E-state index contributed by atoms with van der Waals surface area (Å²) in [6, 6.07) is 20.0. The third-order valence-electron chi connectivity index (χ3n) is 5.25. The number of nitro benzene ring substituents is 1. The molecule has 0 aliphatic rings. The average Bonchev–Trinajstić information content (AvgIpc) is 3.15. The first-order valence-corrected chi connectivity index (χ1v) is 10.0. The summed E-state index contributed by atoms with van der Waals surface area (Å²) in [5.74, 6) is -0.365. The lowest BCUT2D eigenvalue weighted by Gasteiger charge is -2.07. The van der Waals surface area contributed by atoms with Crippen molar-refractivity contribution in [2.75, 3.05) is 7.11 Å². The maximum atomic E-state index is 11.9. The van der Waals surface area contributed by atoms with Crippen LogP contribution in [0.25, 0.3) is 10.9 Å². The fourth-order valence-electron chi connectivity index (χ4n) is 3.66. The van der Waals surface area contributed by atoms with Crippen molar-refractivity contribution in [2.24, 2.45) is 4.99 Å². The van der Waals surface area contributed by atoms with Crippen LogP contribution in [0.2, 0.25) is 0 Å². The second-order valence-corrected chi connectivity index (χ2v) is 7.41. The lowest BCUT2D eigenvalue weighted by Crippen LogP contribution is -2.03. The van der Waals surface area contributed by atoms with E-state index in [-0.39, 0.29) is 11.7 Å². The molecule has 4 aromatic rings. The molecule has 0 amide bonds. The van der Waals surface area contributed by atoms with Gasteiger partial charge in [-0.3, -0.25) is 15.1 Å². The van der Waals surface area contributed by atoms with Crippen molar-refractivity contribution in [1.82, 2.24) is 4.57 Å². The average molecular weight is 427 g/mol. The topological polar surface area (TPSA) is 86.7 Å². The molecular formula is C25H21N3O4. The summed E-state index contributed by atoms with van der Waals surface area (Å²) in [7, 11) is 1.37. The predicted molar refractivity (Wildman–Crippen MR) is 124 cm³/mol. The molecule has 1 aromatic heterocycles. The second kappa shape index (κ2) is 8.85. The molecule has 0 unspecified atom stereocenters. The number of ether oxygens (including phenoxy) is 1. The molecule has 0 aliphatic carbocycles. The minimum atomic E-state index is -0.413. The van der Waals surface area contributed by atoms with E-state index in [1.165, 1.54) is 19.2 Å². The Labute approximate surface area is 184 Å². The van der Waals surface area contributed by atoms with E-state index in [1.807, 2.05) is 48.7 Å². The van der Waals surface area contributed by atoms with Crippen molar-refractivity contribution in [3.05, 3.63) is 105 Å². The van der Waals surface area contributed by atoms with Crippen LogP contribution in [-0.2, 0) is 11.3 Å². The van der Waals surface area contributed by atoms with Gasteiger partial charge in [-0.15, -0.1) is 0 Å². The van der Waals surface area contributed by atoms with E-state index in [0.717, 1.165) is 27.6 Å². The van der Waals surface area contributed by atoms with E-state index in [1.54, 1.807) is 25.3 Å². The van der Waals surface area contributed by atoms with Gasteiger partial charge >= 0.3 is 5.97 Å². The van der Waals surface area contributed by atoms with Gasteiger partial charge in [0.1, 0.15) is 0 Å². The fraction of sp³-hybridized carbons (Fsp3) is 0.120. The Bertz CT molecular complexity index is 1350. The van der Waals surface area contributed by atoms with Gasteiger partial charge in [0.15, 0.2) is 0 Å². The number of fused-ring (bicyclic) bond motifs is 1. The monoisotopic (exact) mass is 427 g/mol. The van der Waals surface area contributed by atoms with E-state index >= 15 is 0 Å². The lowest BCUT2D eigenvalue weighted by atomic mass is 10.1. The molecule has 0 bridgehead atoms. The Kier molecular flexibility index (Phi) is 5.81. The van der Waals surface area contributed by atoms with Gasteiger partial charge in [0, 0.05) is 47.6 Å². The molecule has 0 N–H and O–H groups in total. The molecule has 0 fully saturated rings. The molecule has 4 rings (SSSR count). The van der Waals surface area contributed by atoms with E-state index in [4.69, 9.17) is 4.74 Å². The van der Waals surface area contributed by atoms with Crippen molar-refractivity contribution in [3.63, 3.8) is 0 Å². The highest BCUT2D eigenvalue weighted by molar-refractivity contribution is 6.00. The van der Waals surface area contributed by atoms with Gasteiger partial charge in [-0.1, -0.05) is 30.3 Å². The molecule has 32 heavy (non-hydrogen) atoms. The number of esters is 1. The van der Waals surface area contributed by atoms with E-state index in [2.05, 4.69) is 9.56 Å². The summed E-state index contributed by atoms with van der Waals surface area (Å²) in [6.45, 7) is 2.38. The number of carbonyl (C=O) groups excluding carboxylic acids is 1. The zero-order valence-electron chi connectivity index (χ0n) is 17.7. The van der Waals surface area contributed by atoms with Crippen LogP contribution in [0.5, 0.6) is 0 Å². The third kappa shape index (κ3) is 4.27. The largest absolute Gasteiger partial charge is 0.465 e. The second-order valence-electron chi connectivity index (χ2n) is 7.41. The Hall–Kier alpha value is -4.26. The summed E-state index contributed by atoms with van der Waals surface area (Å²) in [4.78, 5) is 27.0. The van der Waals surface area contributed by atoms with Crippen LogP contribution in [0.15, 0.2) is 77.9 Å². The van der Waals surface area contributed by atoms with Crippen LogP contribution < -0.4 is 0 Å². The number of benzene rings is 3. The number of hydrogen-bond acceptors (Lipinski definition) is 5. The molecule has 1 heterocycles. The first-order chi connectivity index (χ1) is 15.5. The maximum Gasteiger partial charge on any atom is 0.337 e. The van der Waals surface area contributed by atoms with Crippen LogP contribution in [0.1, 0.15) is 27.0 Å². The molecule has 0 spiro atoms. The van der Waals surface area contributed by atoms with Crippen LogP contribution in [-0.4, -0.2) is 28.8 Å². The van der Waals surface area contributed by atoms with Gasteiger partial charge in [-0.25, -0.2) is 4.79 Å². The molecule has 7 nitrogen and oxygen atoms in total. The van der Waals surface area contributed by atoms with E-state index < -0.39 is 4.92 Å².